The Kier molecular flexibility index (Phi) is 5.22. The van der Waals surface area contributed by atoms with E-state index in [4.69, 9.17) is 9.47 Å². The number of nitrogens with one attached hydrogen (secondary N) is 1. The van der Waals surface area contributed by atoms with Crippen molar-refractivity contribution in [3.63, 3.8) is 0 Å². The fourth-order valence-corrected chi connectivity index (χ4v) is 3.14. The van der Waals surface area contributed by atoms with Crippen LogP contribution in [-0.4, -0.2) is 26.4 Å². The van der Waals surface area contributed by atoms with Gasteiger partial charge in [0.25, 0.3) is 0 Å². The molecule has 0 saturated heterocycles. The van der Waals surface area contributed by atoms with Crippen molar-refractivity contribution in [3.05, 3.63) is 71.8 Å². The summed E-state index contributed by atoms with van der Waals surface area (Å²) in [6.45, 7) is 0. The molecule has 2 atom stereocenters. The highest BCUT2D eigenvalue weighted by atomic mass is 16.5. The van der Waals surface area contributed by atoms with Gasteiger partial charge in [-0.05, 0) is 47.1 Å². The minimum Gasteiger partial charge on any atom is -0.493 e. The summed E-state index contributed by atoms with van der Waals surface area (Å²) in [5.74, 6) is 1.25. The normalized spacial score (nSPS) is 13.4. The van der Waals surface area contributed by atoms with Crippen molar-refractivity contribution in [3.8, 4) is 11.5 Å². The molecule has 0 heterocycles. The van der Waals surface area contributed by atoms with Crippen LogP contribution in [-0.2, 0) is 0 Å². The molecule has 0 radical (unpaired) electrons. The Hall–Kier alpha value is -2.56. The van der Waals surface area contributed by atoms with Crippen molar-refractivity contribution in [2.75, 3.05) is 21.3 Å². The molecule has 0 saturated carbocycles. The monoisotopic (exact) mass is 337 g/mol. The van der Waals surface area contributed by atoms with Gasteiger partial charge < -0.3 is 19.9 Å². The largest absolute Gasteiger partial charge is 0.493 e. The summed E-state index contributed by atoms with van der Waals surface area (Å²) in [7, 11) is 5.04. The second-order valence-corrected chi connectivity index (χ2v) is 5.93. The van der Waals surface area contributed by atoms with Crippen LogP contribution < -0.4 is 14.8 Å². The molecular formula is C21H23NO3. The maximum atomic E-state index is 10.9. The predicted octanol–water partition coefficient (Wildman–Crippen LogP) is 3.85. The summed E-state index contributed by atoms with van der Waals surface area (Å²) in [4.78, 5) is 0. The number of rotatable bonds is 6. The van der Waals surface area contributed by atoms with E-state index in [2.05, 4.69) is 29.6 Å². The third-order valence-corrected chi connectivity index (χ3v) is 4.51. The van der Waals surface area contributed by atoms with Crippen LogP contribution in [0.4, 0.5) is 0 Å². The highest BCUT2D eigenvalue weighted by Gasteiger charge is 2.22. The number of methoxy groups -OCH3 is 2. The van der Waals surface area contributed by atoms with Gasteiger partial charge in [-0.1, -0.05) is 42.5 Å². The number of aliphatic hydroxyl groups excluding tert-OH is 1. The summed E-state index contributed by atoms with van der Waals surface area (Å²) in [5.41, 5.74) is 1.80. The molecule has 0 bridgehead atoms. The average Bonchev–Trinajstić information content (AvgIpc) is 2.67. The first-order valence-electron chi connectivity index (χ1n) is 8.24. The van der Waals surface area contributed by atoms with Gasteiger partial charge >= 0.3 is 0 Å². The van der Waals surface area contributed by atoms with Gasteiger partial charge in [0.1, 0.15) is 0 Å². The van der Waals surface area contributed by atoms with E-state index in [1.807, 2.05) is 43.4 Å². The highest BCUT2D eigenvalue weighted by molar-refractivity contribution is 5.83. The Balaban J connectivity index is 1.96. The lowest BCUT2D eigenvalue weighted by Crippen LogP contribution is -2.23. The molecule has 0 spiro atoms. The molecule has 3 rings (SSSR count). The fourth-order valence-electron chi connectivity index (χ4n) is 3.14. The third-order valence-electron chi connectivity index (χ3n) is 4.51. The topological polar surface area (TPSA) is 50.7 Å². The fraction of sp³-hybridized carbons (Fsp3) is 0.238. The molecular weight excluding hydrogens is 314 g/mol. The van der Waals surface area contributed by atoms with E-state index in [0.717, 1.165) is 16.5 Å². The molecule has 0 aliphatic carbocycles. The molecule has 4 nitrogen and oxygen atoms in total. The Labute approximate surface area is 148 Å². The molecule has 25 heavy (non-hydrogen) atoms. The maximum Gasteiger partial charge on any atom is 0.161 e. The van der Waals surface area contributed by atoms with E-state index in [-0.39, 0.29) is 6.04 Å². The molecule has 0 aliphatic rings. The lowest BCUT2D eigenvalue weighted by atomic mass is 9.94. The SMILES string of the molecule is CNC(c1ccc2ccccc2c1)C(O)c1ccc(OC)c(OC)c1. The number of aliphatic hydroxyl groups is 1. The van der Waals surface area contributed by atoms with Crippen LogP contribution in [0.15, 0.2) is 60.7 Å². The van der Waals surface area contributed by atoms with E-state index >= 15 is 0 Å². The number of fused-ring (bicyclic) bond motifs is 1. The summed E-state index contributed by atoms with van der Waals surface area (Å²) < 4.78 is 10.6. The molecule has 0 amide bonds. The van der Waals surface area contributed by atoms with Crippen molar-refractivity contribution in [1.29, 1.82) is 0 Å². The van der Waals surface area contributed by atoms with Crippen molar-refractivity contribution in [1.82, 2.24) is 5.32 Å². The standard InChI is InChI=1S/C21H23NO3/c1-22-20(16-9-8-14-6-4-5-7-15(14)12-16)21(23)17-10-11-18(24-2)19(13-17)25-3/h4-13,20-23H,1-3H3. The molecule has 0 aliphatic heterocycles. The van der Waals surface area contributed by atoms with Crippen molar-refractivity contribution in [2.24, 2.45) is 0 Å². The molecule has 2 N–H and O–H groups in total. The lowest BCUT2D eigenvalue weighted by molar-refractivity contribution is 0.132. The minimum atomic E-state index is -0.717. The van der Waals surface area contributed by atoms with E-state index in [9.17, 15) is 5.11 Å². The predicted molar refractivity (Wildman–Crippen MR) is 100 cm³/mol. The second kappa shape index (κ2) is 7.55. The summed E-state index contributed by atoms with van der Waals surface area (Å²) in [6.07, 6.45) is -0.717. The second-order valence-electron chi connectivity index (χ2n) is 5.93. The number of hydrogen-bond acceptors (Lipinski definition) is 4. The number of hydrogen-bond donors (Lipinski definition) is 2. The van der Waals surface area contributed by atoms with Crippen LogP contribution in [0.5, 0.6) is 11.5 Å². The molecule has 2 unspecified atom stereocenters. The summed E-state index contributed by atoms with van der Waals surface area (Å²) in [5, 5.41) is 16.5. The molecule has 0 aromatic heterocycles. The van der Waals surface area contributed by atoms with Gasteiger partial charge in [0.05, 0.1) is 26.4 Å². The van der Waals surface area contributed by atoms with Gasteiger partial charge in [0, 0.05) is 0 Å². The molecule has 0 fully saturated rings. The van der Waals surface area contributed by atoms with E-state index in [1.165, 1.54) is 5.39 Å². The first kappa shape index (κ1) is 17.3. The Bertz CT molecular complexity index is 863. The van der Waals surface area contributed by atoms with Crippen LogP contribution in [0, 0.1) is 0 Å². The quantitative estimate of drug-likeness (QED) is 0.717. The average molecular weight is 337 g/mol. The van der Waals surface area contributed by atoms with Crippen LogP contribution in [0.3, 0.4) is 0 Å². The van der Waals surface area contributed by atoms with E-state index in [0.29, 0.717) is 11.5 Å². The zero-order valence-electron chi connectivity index (χ0n) is 14.7. The molecule has 3 aromatic carbocycles. The number of likely N-dealkylation sites (N-methyl/N-ethyl adjacent to an activating group) is 1. The van der Waals surface area contributed by atoms with Gasteiger partial charge in [-0.2, -0.15) is 0 Å². The van der Waals surface area contributed by atoms with Crippen LogP contribution >= 0.6 is 0 Å². The first-order valence-corrected chi connectivity index (χ1v) is 8.24. The highest BCUT2D eigenvalue weighted by Crippen LogP contribution is 2.35. The third kappa shape index (κ3) is 3.45. The Morgan fingerprint density at radius 1 is 0.800 bits per heavy atom. The van der Waals surface area contributed by atoms with Gasteiger partial charge in [-0.15, -0.1) is 0 Å². The van der Waals surface area contributed by atoms with Crippen LogP contribution in [0.2, 0.25) is 0 Å². The van der Waals surface area contributed by atoms with Gasteiger partial charge in [-0.3, -0.25) is 0 Å². The van der Waals surface area contributed by atoms with Crippen LogP contribution in [0.25, 0.3) is 10.8 Å². The van der Waals surface area contributed by atoms with Crippen LogP contribution in [0.1, 0.15) is 23.3 Å². The zero-order chi connectivity index (χ0) is 17.8. The molecule has 3 aromatic rings. The lowest BCUT2D eigenvalue weighted by Gasteiger charge is -2.24. The van der Waals surface area contributed by atoms with E-state index in [1.54, 1.807) is 14.2 Å². The Morgan fingerprint density at radius 3 is 2.16 bits per heavy atom. The van der Waals surface area contributed by atoms with Crippen molar-refractivity contribution in [2.45, 2.75) is 12.1 Å². The minimum absolute atomic E-state index is 0.234. The smallest absolute Gasteiger partial charge is 0.161 e. The van der Waals surface area contributed by atoms with Crippen molar-refractivity contribution >= 4 is 10.8 Å². The zero-order valence-corrected chi connectivity index (χ0v) is 14.7. The van der Waals surface area contributed by atoms with Gasteiger partial charge in [0.15, 0.2) is 11.5 Å². The first-order chi connectivity index (χ1) is 12.2. The summed E-state index contributed by atoms with van der Waals surface area (Å²) >= 11 is 0. The van der Waals surface area contributed by atoms with Crippen molar-refractivity contribution < 1.29 is 14.6 Å². The van der Waals surface area contributed by atoms with Gasteiger partial charge in [0.2, 0.25) is 0 Å². The van der Waals surface area contributed by atoms with Gasteiger partial charge in [-0.25, -0.2) is 0 Å². The molecule has 4 heteroatoms. The molecule has 130 valence electrons. The summed E-state index contributed by atoms with van der Waals surface area (Å²) in [6, 6.07) is 19.7. The van der Waals surface area contributed by atoms with E-state index < -0.39 is 6.10 Å². The number of benzene rings is 3. The maximum absolute atomic E-state index is 10.9. The number of ether oxygens (including phenoxy) is 2. The Morgan fingerprint density at radius 2 is 1.48 bits per heavy atom.